The van der Waals surface area contributed by atoms with E-state index >= 15 is 0 Å². The molecule has 0 spiro atoms. The lowest BCUT2D eigenvalue weighted by Crippen LogP contribution is -2.60. The van der Waals surface area contributed by atoms with Crippen molar-refractivity contribution in [3.05, 3.63) is 12.2 Å². The molecule has 74 heavy (non-hydrogen) atoms. The van der Waals surface area contributed by atoms with E-state index in [1.807, 2.05) is 0 Å². The molecule has 0 aromatic rings. The summed E-state index contributed by atoms with van der Waals surface area (Å²) in [4.78, 5) is 13.1. The van der Waals surface area contributed by atoms with Crippen LogP contribution in [-0.4, -0.2) is 87.5 Å². The Kier molecular flexibility index (Phi) is 53.0. The Morgan fingerprint density at radius 3 is 1.09 bits per heavy atom. The highest BCUT2D eigenvalue weighted by Gasteiger charge is 2.44. The second-order valence-corrected chi connectivity index (χ2v) is 23.3. The van der Waals surface area contributed by atoms with Crippen molar-refractivity contribution in [1.29, 1.82) is 0 Å². The molecule has 1 aliphatic rings. The number of allylic oxidation sites excluding steroid dienone is 2. The topological polar surface area (TPSA) is 149 Å². The van der Waals surface area contributed by atoms with Crippen molar-refractivity contribution >= 4 is 5.91 Å². The summed E-state index contributed by atoms with van der Waals surface area (Å²) in [7, 11) is 0. The lowest BCUT2D eigenvalue weighted by atomic mass is 9.99. The lowest BCUT2D eigenvalue weighted by Gasteiger charge is -2.40. The van der Waals surface area contributed by atoms with E-state index in [-0.39, 0.29) is 12.5 Å². The summed E-state index contributed by atoms with van der Waals surface area (Å²) in [5.74, 6) is -0.136. The van der Waals surface area contributed by atoms with Crippen LogP contribution in [0.5, 0.6) is 0 Å². The Morgan fingerprint density at radius 2 is 0.757 bits per heavy atom. The Labute approximate surface area is 458 Å². The van der Waals surface area contributed by atoms with Crippen LogP contribution in [0.1, 0.15) is 341 Å². The first kappa shape index (κ1) is 70.9. The predicted molar refractivity (Wildman–Crippen MR) is 314 cm³/mol. The van der Waals surface area contributed by atoms with Gasteiger partial charge in [-0.3, -0.25) is 4.79 Å². The summed E-state index contributed by atoms with van der Waals surface area (Å²) < 4.78 is 11.4. The highest BCUT2D eigenvalue weighted by molar-refractivity contribution is 5.76. The number of unbranched alkanes of at least 4 members (excludes halogenated alkanes) is 46. The molecule has 0 radical (unpaired) electrons. The minimum absolute atomic E-state index is 0.132. The molecule has 7 atom stereocenters. The molecular weight excluding hydrogens is 923 g/mol. The van der Waals surface area contributed by atoms with Gasteiger partial charge in [0.05, 0.1) is 25.4 Å². The van der Waals surface area contributed by atoms with E-state index in [1.54, 1.807) is 0 Å². The fraction of sp³-hybridized carbons (Fsp3) is 0.954. The van der Waals surface area contributed by atoms with Crippen molar-refractivity contribution < 1.29 is 39.8 Å². The van der Waals surface area contributed by atoms with Crippen LogP contribution in [0.3, 0.4) is 0 Å². The smallest absolute Gasteiger partial charge is 0.220 e. The van der Waals surface area contributed by atoms with Crippen LogP contribution in [0.15, 0.2) is 12.2 Å². The average molecular weight is 1050 g/mol. The maximum atomic E-state index is 13.1. The molecule has 1 rings (SSSR count). The van der Waals surface area contributed by atoms with Gasteiger partial charge in [0.25, 0.3) is 0 Å². The number of ether oxygens (including phenoxy) is 2. The number of nitrogens with one attached hydrogen (secondary N) is 1. The number of rotatable bonds is 58. The summed E-state index contributed by atoms with van der Waals surface area (Å²) in [5.41, 5.74) is 0. The fourth-order valence-corrected chi connectivity index (χ4v) is 10.9. The first-order chi connectivity index (χ1) is 36.3. The van der Waals surface area contributed by atoms with Gasteiger partial charge >= 0.3 is 0 Å². The second-order valence-electron chi connectivity index (χ2n) is 23.3. The first-order valence-corrected chi connectivity index (χ1v) is 32.9. The Hall–Kier alpha value is -1.07. The maximum Gasteiger partial charge on any atom is 0.220 e. The van der Waals surface area contributed by atoms with E-state index in [4.69, 9.17) is 9.47 Å². The fourth-order valence-electron chi connectivity index (χ4n) is 10.9. The first-order valence-electron chi connectivity index (χ1n) is 32.9. The van der Waals surface area contributed by atoms with Crippen LogP contribution in [0.4, 0.5) is 0 Å². The van der Waals surface area contributed by atoms with Crippen molar-refractivity contribution in [2.24, 2.45) is 0 Å². The summed E-state index contributed by atoms with van der Waals surface area (Å²) in [5, 5.41) is 54.8. The van der Waals surface area contributed by atoms with Crippen LogP contribution in [0, 0.1) is 0 Å². The van der Waals surface area contributed by atoms with Gasteiger partial charge in [-0.2, -0.15) is 0 Å². The molecule has 0 aromatic heterocycles. The minimum Gasteiger partial charge on any atom is -0.394 e. The molecule has 1 aliphatic heterocycles. The summed E-state index contributed by atoms with van der Waals surface area (Å²) in [6.07, 6.45) is 62.6. The van der Waals surface area contributed by atoms with Crippen molar-refractivity contribution in [2.45, 2.75) is 384 Å². The molecule has 440 valence electrons. The number of hydrogen-bond donors (Lipinski definition) is 6. The van der Waals surface area contributed by atoms with Crippen molar-refractivity contribution in [3.63, 3.8) is 0 Å². The number of aliphatic hydroxyl groups is 5. The van der Waals surface area contributed by atoms with Crippen molar-refractivity contribution in [2.75, 3.05) is 13.2 Å². The van der Waals surface area contributed by atoms with Gasteiger partial charge in [0, 0.05) is 6.42 Å². The number of carbonyl (C=O) groups excluding carboxylic acids is 1. The molecule has 9 nitrogen and oxygen atoms in total. The van der Waals surface area contributed by atoms with Crippen molar-refractivity contribution in [1.82, 2.24) is 5.32 Å². The van der Waals surface area contributed by atoms with Crippen LogP contribution >= 0.6 is 0 Å². The van der Waals surface area contributed by atoms with Crippen LogP contribution in [0.25, 0.3) is 0 Å². The quantitative estimate of drug-likeness (QED) is 0.0261. The Bertz CT molecular complexity index is 1170. The highest BCUT2D eigenvalue weighted by Crippen LogP contribution is 2.24. The Morgan fingerprint density at radius 1 is 0.446 bits per heavy atom. The number of amides is 1. The van der Waals surface area contributed by atoms with E-state index in [1.165, 1.54) is 276 Å². The maximum absolute atomic E-state index is 13.1. The molecule has 0 bridgehead atoms. The zero-order valence-corrected chi connectivity index (χ0v) is 49.1. The second kappa shape index (κ2) is 55.3. The van der Waals surface area contributed by atoms with Gasteiger partial charge in [0.15, 0.2) is 6.29 Å². The summed E-state index contributed by atoms with van der Waals surface area (Å²) in [6, 6.07) is -0.716. The third-order valence-corrected chi connectivity index (χ3v) is 16.1. The average Bonchev–Trinajstić information content (AvgIpc) is 3.40. The van der Waals surface area contributed by atoms with Crippen LogP contribution < -0.4 is 5.32 Å². The van der Waals surface area contributed by atoms with Crippen LogP contribution in [0.2, 0.25) is 0 Å². The third kappa shape index (κ3) is 43.9. The molecule has 9 heteroatoms. The van der Waals surface area contributed by atoms with E-state index < -0.39 is 49.5 Å². The molecule has 1 heterocycles. The molecular formula is C65H127NO8. The summed E-state index contributed by atoms with van der Waals surface area (Å²) in [6.45, 7) is 3.89. The van der Waals surface area contributed by atoms with E-state index in [0.29, 0.717) is 12.8 Å². The van der Waals surface area contributed by atoms with Gasteiger partial charge in [-0.1, -0.05) is 309 Å². The Balaban J connectivity index is 2.12. The number of carbonyl (C=O) groups is 1. The number of aliphatic hydroxyl groups excluding tert-OH is 5. The SMILES string of the molecule is CCCCCCCCCC/C=C\CCCCCCCCCCCCCCCCCCCC(=O)NC(COC1OC(CO)C(O)C(O)C1O)C(O)CCCCCCCCCCCCCCCCCCCCCCCC. The molecule has 0 aliphatic carbocycles. The lowest BCUT2D eigenvalue weighted by molar-refractivity contribution is -0.302. The molecule has 1 fully saturated rings. The van der Waals surface area contributed by atoms with Gasteiger partial charge in [-0.15, -0.1) is 0 Å². The molecule has 1 saturated heterocycles. The van der Waals surface area contributed by atoms with Gasteiger partial charge in [-0.25, -0.2) is 0 Å². The van der Waals surface area contributed by atoms with Gasteiger partial charge in [0.1, 0.15) is 24.4 Å². The molecule has 1 amide bonds. The zero-order chi connectivity index (χ0) is 53.6. The van der Waals surface area contributed by atoms with Crippen molar-refractivity contribution in [3.8, 4) is 0 Å². The highest BCUT2D eigenvalue weighted by atomic mass is 16.7. The number of hydrogen-bond acceptors (Lipinski definition) is 8. The van der Waals surface area contributed by atoms with E-state index in [9.17, 15) is 30.3 Å². The predicted octanol–water partition coefficient (Wildman–Crippen LogP) is 17.1. The monoisotopic (exact) mass is 1050 g/mol. The van der Waals surface area contributed by atoms with Gasteiger partial charge in [-0.05, 0) is 38.5 Å². The summed E-state index contributed by atoms with van der Waals surface area (Å²) >= 11 is 0. The van der Waals surface area contributed by atoms with E-state index in [2.05, 4.69) is 31.3 Å². The zero-order valence-electron chi connectivity index (χ0n) is 49.1. The molecule has 0 saturated carbocycles. The van der Waals surface area contributed by atoms with Gasteiger partial charge < -0.3 is 40.3 Å². The minimum atomic E-state index is -1.55. The normalized spacial score (nSPS) is 18.9. The largest absolute Gasteiger partial charge is 0.394 e. The van der Waals surface area contributed by atoms with E-state index in [0.717, 1.165) is 38.5 Å². The molecule has 6 N–H and O–H groups in total. The standard InChI is InChI=1S/C65H127NO8/c1-3-5-7-9-11-13-15-17-19-21-23-25-27-28-29-30-31-32-33-35-37-39-41-43-45-47-49-51-53-55-61(69)66-58(57-73-65-64(72)63(71)62(70)60(56-67)74-65)59(68)54-52-50-48-46-44-42-40-38-36-34-26-24-22-20-18-16-14-12-10-8-6-4-2/h21,23,58-60,62-65,67-68,70-72H,3-20,22,24-57H2,1-2H3,(H,66,69)/b23-21-. The third-order valence-electron chi connectivity index (χ3n) is 16.1. The van der Waals surface area contributed by atoms with Crippen LogP contribution in [-0.2, 0) is 14.3 Å². The van der Waals surface area contributed by atoms with Gasteiger partial charge in [0.2, 0.25) is 5.91 Å². The molecule has 0 aromatic carbocycles. The molecule has 7 unspecified atom stereocenters.